The van der Waals surface area contributed by atoms with E-state index in [2.05, 4.69) is 5.32 Å². The van der Waals surface area contributed by atoms with Crippen LogP contribution in [0.4, 0.5) is 5.69 Å². The molecule has 7 nitrogen and oxygen atoms in total. The maximum atomic E-state index is 12.7. The van der Waals surface area contributed by atoms with Crippen molar-refractivity contribution < 1.29 is 23.9 Å². The molecule has 0 atom stereocenters. The molecule has 0 saturated carbocycles. The van der Waals surface area contributed by atoms with E-state index in [0.717, 1.165) is 16.0 Å². The third kappa shape index (κ3) is 4.67. The smallest absolute Gasteiger partial charge is 0.338 e. The van der Waals surface area contributed by atoms with Crippen molar-refractivity contribution in [3.8, 4) is 0 Å². The van der Waals surface area contributed by atoms with E-state index in [1.165, 1.54) is 12.1 Å². The first kappa shape index (κ1) is 22.0. The van der Waals surface area contributed by atoms with E-state index in [1.807, 2.05) is 31.2 Å². The second kappa shape index (κ2) is 9.48. The van der Waals surface area contributed by atoms with Gasteiger partial charge in [0.25, 0.3) is 17.7 Å². The van der Waals surface area contributed by atoms with Crippen LogP contribution in [0.3, 0.4) is 0 Å². The van der Waals surface area contributed by atoms with Gasteiger partial charge in [-0.05, 0) is 54.8 Å². The predicted octanol–water partition coefficient (Wildman–Crippen LogP) is 3.31. The van der Waals surface area contributed by atoms with Crippen LogP contribution < -0.4 is 10.2 Å². The highest BCUT2D eigenvalue weighted by molar-refractivity contribution is 6.34. The Bertz CT molecular complexity index is 1220. The lowest BCUT2D eigenvalue weighted by molar-refractivity contribution is -0.124. The number of carbonyl (C=O) groups excluding carboxylic acids is 4. The van der Waals surface area contributed by atoms with Crippen LogP contribution in [0.15, 0.2) is 72.8 Å². The number of carbonyl (C=O) groups is 4. The molecular formula is C26H22N2O5. The summed E-state index contributed by atoms with van der Waals surface area (Å²) in [6.07, 6.45) is 0.675. The zero-order valence-electron chi connectivity index (χ0n) is 18.0. The molecule has 1 N–H and O–H groups in total. The Morgan fingerprint density at radius 3 is 2.24 bits per heavy atom. The lowest BCUT2D eigenvalue weighted by Crippen LogP contribution is -2.31. The van der Waals surface area contributed by atoms with Crippen LogP contribution in [-0.2, 0) is 16.0 Å². The van der Waals surface area contributed by atoms with Crippen LogP contribution in [-0.4, -0.2) is 36.8 Å². The summed E-state index contributed by atoms with van der Waals surface area (Å²) >= 11 is 0. The molecule has 0 fully saturated rings. The zero-order valence-corrected chi connectivity index (χ0v) is 18.0. The highest BCUT2D eigenvalue weighted by Gasteiger charge is 2.36. The molecule has 0 unspecified atom stereocenters. The summed E-state index contributed by atoms with van der Waals surface area (Å²) in [7, 11) is 0. The van der Waals surface area contributed by atoms with Crippen LogP contribution in [0.2, 0.25) is 0 Å². The number of hydrogen-bond donors (Lipinski definition) is 1. The molecule has 4 rings (SSSR count). The minimum atomic E-state index is -0.720. The number of nitrogens with zero attached hydrogens (tertiary/aromatic N) is 1. The second-order valence-electron chi connectivity index (χ2n) is 7.64. The molecule has 0 aliphatic carbocycles. The van der Waals surface area contributed by atoms with Gasteiger partial charge in [0.2, 0.25) is 0 Å². The summed E-state index contributed by atoms with van der Waals surface area (Å²) in [6, 6.07) is 20.5. The fourth-order valence-electron chi connectivity index (χ4n) is 3.69. The number of aryl methyl sites for hydroxylation is 1. The Morgan fingerprint density at radius 2 is 1.55 bits per heavy atom. The summed E-state index contributed by atoms with van der Waals surface area (Å²) < 4.78 is 5.11. The lowest BCUT2D eigenvalue weighted by Gasteiger charge is -2.15. The van der Waals surface area contributed by atoms with Crippen molar-refractivity contribution in [1.82, 2.24) is 5.32 Å². The van der Waals surface area contributed by atoms with Crippen LogP contribution in [0.25, 0.3) is 0 Å². The maximum absolute atomic E-state index is 12.7. The van der Waals surface area contributed by atoms with Crippen LogP contribution in [0, 0.1) is 6.92 Å². The van der Waals surface area contributed by atoms with Crippen molar-refractivity contribution in [1.29, 1.82) is 0 Å². The molecule has 1 aliphatic rings. The molecule has 0 bridgehead atoms. The van der Waals surface area contributed by atoms with E-state index in [9.17, 15) is 19.2 Å². The predicted molar refractivity (Wildman–Crippen MR) is 122 cm³/mol. The van der Waals surface area contributed by atoms with Gasteiger partial charge in [0, 0.05) is 6.54 Å². The first-order chi connectivity index (χ1) is 16.0. The van der Waals surface area contributed by atoms with Gasteiger partial charge in [-0.2, -0.15) is 0 Å². The van der Waals surface area contributed by atoms with Gasteiger partial charge in [-0.15, -0.1) is 0 Å². The normalized spacial score (nSPS) is 12.5. The number of amides is 3. The standard InChI is InChI=1S/C26H22N2O5/c1-17-7-2-3-8-18(17)13-14-27-23(29)16-33-26(32)19-9-6-10-20(15-19)28-24(30)21-11-4-5-12-22(21)25(28)31/h2-12,15H,13-14,16H2,1H3,(H,27,29). The van der Waals surface area contributed by atoms with Gasteiger partial charge in [0.15, 0.2) is 6.61 Å². The van der Waals surface area contributed by atoms with Gasteiger partial charge in [0.05, 0.1) is 22.4 Å². The monoisotopic (exact) mass is 442 g/mol. The summed E-state index contributed by atoms with van der Waals surface area (Å²) in [4.78, 5) is 50.9. The molecular weight excluding hydrogens is 420 g/mol. The Balaban J connectivity index is 1.34. The number of fused-ring (bicyclic) bond motifs is 1. The first-order valence-electron chi connectivity index (χ1n) is 10.5. The first-order valence-corrected chi connectivity index (χ1v) is 10.5. The van der Waals surface area contributed by atoms with Crippen molar-refractivity contribution in [3.63, 3.8) is 0 Å². The molecule has 1 aliphatic heterocycles. The van der Waals surface area contributed by atoms with E-state index in [-0.39, 0.29) is 11.3 Å². The van der Waals surface area contributed by atoms with E-state index >= 15 is 0 Å². The van der Waals surface area contributed by atoms with Crippen LogP contribution in [0.1, 0.15) is 42.2 Å². The highest BCUT2D eigenvalue weighted by Crippen LogP contribution is 2.28. The number of ether oxygens (including phenoxy) is 1. The van der Waals surface area contributed by atoms with Gasteiger partial charge >= 0.3 is 5.97 Å². The summed E-state index contributed by atoms with van der Waals surface area (Å²) in [5.74, 6) is -2.03. The largest absolute Gasteiger partial charge is 0.452 e. The molecule has 0 saturated heterocycles. The molecule has 7 heteroatoms. The van der Waals surface area contributed by atoms with Gasteiger partial charge < -0.3 is 10.1 Å². The maximum Gasteiger partial charge on any atom is 0.338 e. The Kier molecular flexibility index (Phi) is 6.31. The van der Waals surface area contributed by atoms with Crippen molar-refractivity contribution in [2.75, 3.05) is 18.1 Å². The molecule has 3 aromatic carbocycles. The van der Waals surface area contributed by atoms with E-state index in [0.29, 0.717) is 24.1 Å². The van der Waals surface area contributed by atoms with Gasteiger partial charge in [0.1, 0.15) is 0 Å². The van der Waals surface area contributed by atoms with Crippen molar-refractivity contribution in [2.24, 2.45) is 0 Å². The number of rotatable bonds is 7. The average molecular weight is 442 g/mol. The number of benzene rings is 3. The van der Waals surface area contributed by atoms with E-state index in [1.54, 1.807) is 36.4 Å². The molecule has 33 heavy (non-hydrogen) atoms. The third-order valence-electron chi connectivity index (χ3n) is 5.45. The number of esters is 1. The Labute approximate surface area is 191 Å². The number of hydrogen-bond acceptors (Lipinski definition) is 5. The lowest BCUT2D eigenvalue weighted by atomic mass is 10.1. The van der Waals surface area contributed by atoms with Gasteiger partial charge in [-0.1, -0.05) is 42.5 Å². The summed E-state index contributed by atoms with van der Waals surface area (Å²) in [6.45, 7) is 2.01. The molecule has 0 radical (unpaired) electrons. The highest BCUT2D eigenvalue weighted by atomic mass is 16.5. The molecule has 3 amide bonds. The quantitative estimate of drug-likeness (QED) is 0.448. The SMILES string of the molecule is Cc1ccccc1CCNC(=O)COC(=O)c1cccc(N2C(=O)c3ccccc3C2=O)c1. The van der Waals surface area contributed by atoms with E-state index < -0.39 is 30.3 Å². The van der Waals surface area contributed by atoms with Crippen LogP contribution in [0.5, 0.6) is 0 Å². The summed E-state index contributed by atoms with van der Waals surface area (Å²) in [5, 5.41) is 2.73. The number of nitrogens with one attached hydrogen (secondary N) is 1. The molecule has 1 heterocycles. The molecule has 166 valence electrons. The molecule has 3 aromatic rings. The Hall–Kier alpha value is -4.26. The fourth-order valence-corrected chi connectivity index (χ4v) is 3.69. The van der Waals surface area contributed by atoms with E-state index in [4.69, 9.17) is 4.74 Å². The minimum absolute atomic E-state index is 0.136. The number of imide groups is 1. The van der Waals surface area contributed by atoms with Gasteiger partial charge in [-0.25, -0.2) is 9.69 Å². The van der Waals surface area contributed by atoms with Crippen molar-refractivity contribution >= 4 is 29.4 Å². The van der Waals surface area contributed by atoms with Gasteiger partial charge in [-0.3, -0.25) is 14.4 Å². The number of anilines is 1. The third-order valence-corrected chi connectivity index (χ3v) is 5.45. The fraction of sp³-hybridized carbons (Fsp3) is 0.154. The second-order valence-corrected chi connectivity index (χ2v) is 7.64. The zero-order chi connectivity index (χ0) is 23.4. The molecule has 0 spiro atoms. The van der Waals surface area contributed by atoms with Crippen molar-refractivity contribution in [2.45, 2.75) is 13.3 Å². The topological polar surface area (TPSA) is 92.8 Å². The van der Waals surface area contributed by atoms with Crippen LogP contribution >= 0.6 is 0 Å². The summed E-state index contributed by atoms with van der Waals surface area (Å²) in [5.41, 5.74) is 3.32. The average Bonchev–Trinajstić information content (AvgIpc) is 3.09. The van der Waals surface area contributed by atoms with Crippen molar-refractivity contribution in [3.05, 3.63) is 101 Å². The Morgan fingerprint density at radius 1 is 0.879 bits per heavy atom. The minimum Gasteiger partial charge on any atom is -0.452 e. The molecule has 0 aromatic heterocycles.